The van der Waals surface area contributed by atoms with E-state index in [1.54, 1.807) is 0 Å². The summed E-state index contributed by atoms with van der Waals surface area (Å²) in [5.41, 5.74) is 12.0. The molecule has 262 valence electrons. The average molecular weight is 765 g/mol. The summed E-state index contributed by atoms with van der Waals surface area (Å²) in [6.07, 6.45) is 2.82. The van der Waals surface area contributed by atoms with Crippen LogP contribution in [0.5, 0.6) is 11.5 Å². The molecule has 51 heavy (non-hydrogen) atoms. The number of para-hydroxylation sites is 1. The molecule has 0 aliphatic rings. The maximum atomic E-state index is 6.72. The van der Waals surface area contributed by atoms with E-state index < -0.39 is 0 Å². The number of ether oxygens (including phenoxy) is 1. The third-order valence-corrected chi connectivity index (χ3v) is 9.65. The van der Waals surface area contributed by atoms with Gasteiger partial charge in [0, 0.05) is 34.2 Å². The van der Waals surface area contributed by atoms with Crippen LogP contribution in [0.1, 0.15) is 82.1 Å². The second-order valence-corrected chi connectivity index (χ2v) is 15.5. The Kier molecular flexibility index (Phi) is 9.66. The normalized spacial score (nSPS) is 12.0. The first-order valence-corrected chi connectivity index (χ1v) is 17.6. The number of fused-ring (bicyclic) bond motifs is 3. The summed E-state index contributed by atoms with van der Waals surface area (Å²) in [6.45, 7) is 22.1. The molecule has 0 atom stereocenters. The zero-order chi connectivity index (χ0) is 35.5. The average Bonchev–Trinajstić information content (AvgIpc) is 3.59. The summed E-state index contributed by atoms with van der Waals surface area (Å²) in [7, 11) is 0. The van der Waals surface area contributed by atoms with Gasteiger partial charge in [0.1, 0.15) is 5.82 Å². The standard InChI is InChI=1S/C45H46N4O.Pd/c1-11-31-21-22-46-40(23-31)48-38-18-13-12-17-36(38)37-20-19-34(27-39(37)48)50-35-25-32(44(5,6)7)24-33(26-35)49-43(45(8,9)10)42(30(4)47-49)41-28(2)15-14-16-29(41)3;/h12-25H,11H2,1-10H3;/q-2;+2. The van der Waals surface area contributed by atoms with Crippen LogP contribution in [0.25, 0.3) is 44.4 Å². The van der Waals surface area contributed by atoms with E-state index in [1.165, 1.54) is 27.8 Å². The Morgan fingerprint density at radius 1 is 0.725 bits per heavy atom. The van der Waals surface area contributed by atoms with Gasteiger partial charge >= 0.3 is 20.4 Å². The van der Waals surface area contributed by atoms with Crippen molar-refractivity contribution in [2.75, 3.05) is 0 Å². The van der Waals surface area contributed by atoms with Gasteiger partial charge in [0.05, 0.1) is 11.4 Å². The monoisotopic (exact) mass is 764 g/mol. The molecule has 0 spiro atoms. The number of nitrogens with zero attached hydrogens (tertiary/aromatic N) is 4. The fraction of sp³-hybridized carbons (Fsp3) is 0.289. The Balaban J connectivity index is 0.00000448. The van der Waals surface area contributed by atoms with Crippen LogP contribution in [0.3, 0.4) is 0 Å². The molecule has 4 aromatic carbocycles. The fourth-order valence-corrected chi connectivity index (χ4v) is 7.13. The summed E-state index contributed by atoms with van der Waals surface area (Å²) in [5, 5.41) is 7.47. The number of aryl methyl sites for hydroxylation is 4. The number of hydrogen-bond acceptors (Lipinski definition) is 3. The predicted molar refractivity (Wildman–Crippen MR) is 206 cm³/mol. The van der Waals surface area contributed by atoms with Crippen LogP contribution in [0, 0.1) is 32.9 Å². The van der Waals surface area contributed by atoms with Crippen molar-refractivity contribution in [3.63, 3.8) is 0 Å². The second-order valence-electron chi connectivity index (χ2n) is 15.5. The van der Waals surface area contributed by atoms with Crippen molar-refractivity contribution in [1.82, 2.24) is 19.3 Å². The van der Waals surface area contributed by atoms with Crippen LogP contribution in [0.15, 0.2) is 85.1 Å². The summed E-state index contributed by atoms with van der Waals surface area (Å²) < 4.78 is 11.0. The number of hydrogen-bond donors (Lipinski definition) is 0. The molecule has 3 heterocycles. The van der Waals surface area contributed by atoms with Crippen LogP contribution in [0.2, 0.25) is 0 Å². The van der Waals surface area contributed by atoms with Crippen molar-refractivity contribution < 1.29 is 25.2 Å². The molecule has 6 heteroatoms. The van der Waals surface area contributed by atoms with Gasteiger partial charge in [0.25, 0.3) is 0 Å². The van der Waals surface area contributed by atoms with E-state index in [-0.39, 0.29) is 31.3 Å². The summed E-state index contributed by atoms with van der Waals surface area (Å²) in [6, 6.07) is 34.9. The first-order valence-electron chi connectivity index (χ1n) is 17.6. The summed E-state index contributed by atoms with van der Waals surface area (Å²) >= 11 is 0. The van der Waals surface area contributed by atoms with E-state index in [4.69, 9.17) is 14.8 Å². The van der Waals surface area contributed by atoms with Crippen molar-refractivity contribution in [3.8, 4) is 34.1 Å². The van der Waals surface area contributed by atoms with Gasteiger partial charge in [0.2, 0.25) is 0 Å². The van der Waals surface area contributed by atoms with Crippen molar-refractivity contribution in [2.24, 2.45) is 0 Å². The number of aromatic nitrogens is 4. The van der Waals surface area contributed by atoms with Gasteiger partial charge in [0.15, 0.2) is 0 Å². The molecular weight excluding hydrogens is 719 g/mol. The van der Waals surface area contributed by atoms with Gasteiger partial charge in [-0.2, -0.15) is 11.2 Å². The maximum Gasteiger partial charge on any atom is 2.00 e. The molecule has 0 aliphatic carbocycles. The largest absolute Gasteiger partial charge is 2.00 e. The van der Waals surface area contributed by atoms with Crippen molar-refractivity contribution in [2.45, 2.75) is 86.5 Å². The SMILES string of the molecule is CCc1ccnc(-n2c3[c-]c(Oc4[c-]c(-n5nc(C)c(-c6c(C)cccc6C)c5C(C)(C)C)cc(C(C)(C)C)c4)ccc3c3ccccc32)c1.[Pd+2]. The zero-order valence-electron chi connectivity index (χ0n) is 31.3. The van der Waals surface area contributed by atoms with E-state index in [9.17, 15) is 0 Å². The minimum atomic E-state index is -0.201. The van der Waals surface area contributed by atoms with Gasteiger partial charge < -0.3 is 9.30 Å². The van der Waals surface area contributed by atoms with E-state index in [0.717, 1.165) is 56.7 Å². The molecular formula is C45H46N4OPd. The smallest absolute Gasteiger partial charge is 0.509 e. The topological polar surface area (TPSA) is 44.9 Å². The number of rotatable bonds is 6. The van der Waals surface area contributed by atoms with Gasteiger partial charge in [-0.3, -0.25) is 4.68 Å². The van der Waals surface area contributed by atoms with Gasteiger partial charge in [-0.1, -0.05) is 90.4 Å². The number of pyridine rings is 1. The van der Waals surface area contributed by atoms with E-state index in [0.29, 0.717) is 11.5 Å². The van der Waals surface area contributed by atoms with Crippen molar-refractivity contribution in [1.29, 1.82) is 0 Å². The molecule has 0 saturated heterocycles. The maximum absolute atomic E-state index is 6.72. The first-order chi connectivity index (χ1) is 23.7. The fourth-order valence-electron chi connectivity index (χ4n) is 7.13. The first kappa shape index (κ1) is 36.3. The molecule has 3 aromatic heterocycles. The number of benzene rings is 4. The molecule has 0 aliphatic heterocycles. The molecule has 0 unspecified atom stereocenters. The van der Waals surface area contributed by atoms with Crippen molar-refractivity contribution in [3.05, 3.63) is 131 Å². The Labute approximate surface area is 316 Å². The van der Waals surface area contributed by atoms with E-state index in [1.807, 2.05) is 12.3 Å². The molecule has 7 aromatic rings. The summed E-state index contributed by atoms with van der Waals surface area (Å²) in [5.74, 6) is 2.11. The molecule has 0 N–H and O–H groups in total. The minimum Gasteiger partial charge on any atom is -0.509 e. The van der Waals surface area contributed by atoms with Crippen LogP contribution in [-0.4, -0.2) is 19.3 Å². The van der Waals surface area contributed by atoms with Gasteiger partial charge in [-0.25, -0.2) is 4.98 Å². The molecule has 7 rings (SSSR count). The Hall–Kier alpha value is -4.50. The molecule has 0 fully saturated rings. The minimum absolute atomic E-state index is 0. The van der Waals surface area contributed by atoms with Crippen LogP contribution in [0.4, 0.5) is 0 Å². The summed E-state index contributed by atoms with van der Waals surface area (Å²) in [4.78, 5) is 4.78. The van der Waals surface area contributed by atoms with Crippen LogP contribution >= 0.6 is 0 Å². The Bertz CT molecular complexity index is 2380. The van der Waals surface area contributed by atoms with Crippen LogP contribution in [-0.2, 0) is 37.7 Å². The Morgan fingerprint density at radius 3 is 2.14 bits per heavy atom. The predicted octanol–water partition coefficient (Wildman–Crippen LogP) is 11.5. The van der Waals surface area contributed by atoms with Crippen molar-refractivity contribution >= 4 is 21.8 Å². The molecule has 0 radical (unpaired) electrons. The quantitative estimate of drug-likeness (QED) is 0.125. The molecule has 0 amide bonds. The van der Waals surface area contributed by atoms with E-state index >= 15 is 0 Å². The third kappa shape index (κ3) is 6.68. The molecule has 5 nitrogen and oxygen atoms in total. The second kappa shape index (κ2) is 13.6. The zero-order valence-corrected chi connectivity index (χ0v) is 32.9. The third-order valence-electron chi connectivity index (χ3n) is 9.65. The molecule has 0 bridgehead atoms. The van der Waals surface area contributed by atoms with Gasteiger partial charge in [-0.15, -0.1) is 41.3 Å². The molecule has 0 saturated carbocycles. The Morgan fingerprint density at radius 2 is 1.45 bits per heavy atom. The van der Waals surface area contributed by atoms with E-state index in [2.05, 4.69) is 163 Å². The van der Waals surface area contributed by atoms with Crippen LogP contribution < -0.4 is 4.74 Å². The van der Waals surface area contributed by atoms with Gasteiger partial charge in [-0.05, 0) is 84.1 Å².